The van der Waals surface area contributed by atoms with Crippen LogP contribution in [0.1, 0.15) is 42.5 Å². The van der Waals surface area contributed by atoms with Crippen LogP contribution in [0.15, 0.2) is 54.7 Å². The first kappa shape index (κ1) is 21.2. The van der Waals surface area contributed by atoms with Gasteiger partial charge in [-0.2, -0.15) is 0 Å². The van der Waals surface area contributed by atoms with Gasteiger partial charge >= 0.3 is 5.97 Å². The fraction of sp³-hybridized carbons (Fsp3) is 0.280. The third-order valence-electron chi connectivity index (χ3n) is 4.96. The number of para-hydroxylation sites is 1. The molecule has 1 heterocycles. The Bertz CT molecular complexity index is 1030. The monoisotopic (exact) mass is 402 g/mol. The molecule has 0 radical (unpaired) electrons. The summed E-state index contributed by atoms with van der Waals surface area (Å²) in [5.41, 5.74) is 4.00. The van der Waals surface area contributed by atoms with Crippen molar-refractivity contribution in [1.82, 2.24) is 9.55 Å². The van der Waals surface area contributed by atoms with Crippen LogP contribution in [0.25, 0.3) is 11.4 Å². The van der Waals surface area contributed by atoms with Crippen molar-refractivity contribution in [3.8, 4) is 29.5 Å². The van der Waals surface area contributed by atoms with Gasteiger partial charge in [-0.1, -0.05) is 36.3 Å². The quantitative estimate of drug-likeness (QED) is 0.386. The molecule has 0 aliphatic heterocycles. The number of imidazole rings is 1. The number of aromatic nitrogens is 2. The minimum Gasteiger partial charge on any atom is -0.493 e. The van der Waals surface area contributed by atoms with E-state index in [2.05, 4.69) is 21.5 Å². The van der Waals surface area contributed by atoms with Crippen molar-refractivity contribution in [3.05, 3.63) is 71.5 Å². The number of unbranched alkanes of at least 4 members (excludes halogenated alkanes) is 2. The van der Waals surface area contributed by atoms with Gasteiger partial charge in [0.25, 0.3) is 0 Å². The number of rotatable bonds is 10. The number of nitrogens with zero attached hydrogens (tertiary/aromatic N) is 2. The van der Waals surface area contributed by atoms with Gasteiger partial charge in [-0.15, -0.1) is 6.42 Å². The third-order valence-corrected chi connectivity index (χ3v) is 4.96. The Morgan fingerprint density at radius 3 is 2.63 bits per heavy atom. The van der Waals surface area contributed by atoms with Crippen molar-refractivity contribution in [3.63, 3.8) is 0 Å². The molecule has 30 heavy (non-hydrogen) atoms. The minimum absolute atomic E-state index is 0.210. The molecule has 154 valence electrons. The van der Waals surface area contributed by atoms with Crippen LogP contribution in [0, 0.1) is 19.3 Å². The molecule has 0 atom stereocenters. The summed E-state index contributed by atoms with van der Waals surface area (Å²) in [5, 5.41) is 8.71. The number of ether oxygens (including phenoxy) is 1. The Morgan fingerprint density at radius 1 is 1.13 bits per heavy atom. The van der Waals surface area contributed by atoms with Crippen molar-refractivity contribution < 1.29 is 14.6 Å². The highest BCUT2D eigenvalue weighted by molar-refractivity contribution is 5.66. The van der Waals surface area contributed by atoms with Gasteiger partial charge in [0.05, 0.1) is 13.2 Å². The first-order valence-corrected chi connectivity index (χ1v) is 10.1. The van der Waals surface area contributed by atoms with Gasteiger partial charge in [-0.05, 0) is 44.4 Å². The van der Waals surface area contributed by atoms with E-state index in [1.807, 2.05) is 55.6 Å². The van der Waals surface area contributed by atoms with Crippen LogP contribution in [-0.4, -0.2) is 27.2 Å². The van der Waals surface area contributed by atoms with Crippen LogP contribution >= 0.6 is 0 Å². The van der Waals surface area contributed by atoms with E-state index in [1.165, 1.54) is 0 Å². The molecule has 0 saturated heterocycles. The van der Waals surface area contributed by atoms with E-state index in [1.54, 1.807) is 0 Å². The first-order chi connectivity index (χ1) is 14.6. The van der Waals surface area contributed by atoms with E-state index < -0.39 is 5.97 Å². The number of aryl methyl sites for hydroxylation is 1. The van der Waals surface area contributed by atoms with Crippen LogP contribution in [0.5, 0.6) is 5.75 Å². The molecule has 0 spiro atoms. The van der Waals surface area contributed by atoms with E-state index in [4.69, 9.17) is 16.3 Å². The fourth-order valence-corrected chi connectivity index (χ4v) is 3.29. The van der Waals surface area contributed by atoms with Crippen LogP contribution in [-0.2, 0) is 11.3 Å². The predicted octanol–water partition coefficient (Wildman–Crippen LogP) is 4.91. The largest absolute Gasteiger partial charge is 0.493 e. The van der Waals surface area contributed by atoms with Crippen molar-refractivity contribution in [2.24, 2.45) is 0 Å². The normalized spacial score (nSPS) is 10.5. The molecule has 0 amide bonds. The predicted molar refractivity (Wildman–Crippen MR) is 117 cm³/mol. The summed E-state index contributed by atoms with van der Waals surface area (Å²) in [5.74, 6) is 3.62. The summed E-state index contributed by atoms with van der Waals surface area (Å²) in [6.07, 6.45) is 9.89. The molecule has 0 saturated carbocycles. The summed E-state index contributed by atoms with van der Waals surface area (Å²) >= 11 is 0. The Labute approximate surface area is 177 Å². The van der Waals surface area contributed by atoms with Crippen LogP contribution in [0.4, 0.5) is 0 Å². The standard InChI is InChI=1S/C25H26N2O3/c1-3-20-12-14-21(15-13-20)25-26-17-19(2)27(25)18-22-9-6-7-10-23(22)30-16-8-4-5-11-24(28)29/h1,6-7,9-10,12-15,17H,4-5,8,11,16,18H2,2H3,(H,28,29). The summed E-state index contributed by atoms with van der Waals surface area (Å²) in [6.45, 7) is 3.26. The maximum atomic E-state index is 10.6. The van der Waals surface area contributed by atoms with E-state index in [-0.39, 0.29) is 6.42 Å². The van der Waals surface area contributed by atoms with Gasteiger partial charge in [-0.25, -0.2) is 4.98 Å². The van der Waals surface area contributed by atoms with Gasteiger partial charge in [0, 0.05) is 35.0 Å². The molecule has 3 aromatic rings. The molecule has 3 rings (SSSR count). The van der Waals surface area contributed by atoms with Crippen molar-refractivity contribution in [1.29, 1.82) is 0 Å². The number of carbonyl (C=O) groups is 1. The van der Waals surface area contributed by atoms with Gasteiger partial charge < -0.3 is 14.4 Å². The molecular formula is C25H26N2O3. The zero-order chi connectivity index (χ0) is 21.3. The number of aliphatic carboxylic acids is 1. The number of hydrogen-bond donors (Lipinski definition) is 1. The average molecular weight is 402 g/mol. The molecular weight excluding hydrogens is 376 g/mol. The highest BCUT2D eigenvalue weighted by Gasteiger charge is 2.12. The maximum absolute atomic E-state index is 10.6. The van der Waals surface area contributed by atoms with Crippen molar-refractivity contribution >= 4 is 5.97 Å². The molecule has 1 N–H and O–H groups in total. The SMILES string of the molecule is C#Cc1ccc(-c2ncc(C)n2Cc2ccccc2OCCCCCC(=O)O)cc1. The summed E-state index contributed by atoms with van der Waals surface area (Å²) < 4.78 is 8.17. The fourth-order valence-electron chi connectivity index (χ4n) is 3.29. The van der Waals surface area contributed by atoms with Gasteiger partial charge in [0.2, 0.25) is 0 Å². The topological polar surface area (TPSA) is 64.4 Å². The van der Waals surface area contributed by atoms with Crippen LogP contribution in [0.2, 0.25) is 0 Å². The molecule has 1 aromatic heterocycles. The summed E-state index contributed by atoms with van der Waals surface area (Å²) in [4.78, 5) is 15.2. The van der Waals surface area contributed by atoms with Gasteiger partial charge in [0.1, 0.15) is 11.6 Å². The van der Waals surface area contributed by atoms with E-state index >= 15 is 0 Å². The molecule has 2 aromatic carbocycles. The molecule has 5 nitrogen and oxygen atoms in total. The van der Waals surface area contributed by atoms with Gasteiger partial charge in [-0.3, -0.25) is 4.79 Å². The lowest BCUT2D eigenvalue weighted by Crippen LogP contribution is -2.07. The lowest BCUT2D eigenvalue weighted by atomic mass is 10.1. The Balaban J connectivity index is 1.70. The van der Waals surface area contributed by atoms with Crippen molar-refractivity contribution in [2.75, 3.05) is 6.61 Å². The molecule has 0 bridgehead atoms. The number of benzene rings is 2. The lowest BCUT2D eigenvalue weighted by molar-refractivity contribution is -0.137. The number of hydrogen-bond acceptors (Lipinski definition) is 3. The summed E-state index contributed by atoms with van der Waals surface area (Å²) in [7, 11) is 0. The van der Waals surface area contributed by atoms with Gasteiger partial charge in [0.15, 0.2) is 0 Å². The molecule has 5 heteroatoms. The molecule has 0 aliphatic rings. The molecule has 0 unspecified atom stereocenters. The number of terminal acetylenes is 1. The second-order valence-corrected chi connectivity index (χ2v) is 7.19. The average Bonchev–Trinajstić information content (AvgIpc) is 3.11. The third kappa shape index (κ3) is 5.51. The highest BCUT2D eigenvalue weighted by Crippen LogP contribution is 2.25. The van der Waals surface area contributed by atoms with E-state index in [0.717, 1.165) is 46.8 Å². The zero-order valence-corrected chi connectivity index (χ0v) is 17.2. The van der Waals surface area contributed by atoms with Crippen LogP contribution < -0.4 is 4.74 Å². The van der Waals surface area contributed by atoms with E-state index in [9.17, 15) is 4.79 Å². The second kappa shape index (κ2) is 10.3. The molecule has 0 aliphatic carbocycles. The second-order valence-electron chi connectivity index (χ2n) is 7.19. The Hall–Kier alpha value is -3.52. The number of carboxylic acids is 1. The minimum atomic E-state index is -0.748. The zero-order valence-electron chi connectivity index (χ0n) is 17.2. The first-order valence-electron chi connectivity index (χ1n) is 10.1. The number of carboxylic acid groups (broad SMARTS) is 1. The smallest absolute Gasteiger partial charge is 0.303 e. The summed E-state index contributed by atoms with van der Waals surface area (Å²) in [6, 6.07) is 15.8. The maximum Gasteiger partial charge on any atom is 0.303 e. The Morgan fingerprint density at radius 2 is 1.90 bits per heavy atom. The van der Waals surface area contributed by atoms with E-state index in [0.29, 0.717) is 19.6 Å². The van der Waals surface area contributed by atoms with Crippen molar-refractivity contribution in [2.45, 2.75) is 39.2 Å². The lowest BCUT2D eigenvalue weighted by Gasteiger charge is -2.15. The Kier molecular flexibility index (Phi) is 7.29. The highest BCUT2D eigenvalue weighted by atomic mass is 16.5. The van der Waals surface area contributed by atoms with Crippen LogP contribution in [0.3, 0.4) is 0 Å². The molecule has 0 fully saturated rings.